The zero-order valence-corrected chi connectivity index (χ0v) is 12.6. The first-order chi connectivity index (χ1) is 10.5. The van der Waals surface area contributed by atoms with Crippen LogP contribution in [-0.2, 0) is 4.79 Å². The molecule has 0 aliphatic carbocycles. The molecule has 2 N–H and O–H groups in total. The maximum absolute atomic E-state index is 11.8. The lowest BCUT2D eigenvalue weighted by Crippen LogP contribution is -2.20. The summed E-state index contributed by atoms with van der Waals surface area (Å²) in [6.45, 7) is 1.71. The average molecular weight is 320 g/mol. The van der Waals surface area contributed by atoms with Crippen LogP contribution in [0.4, 0.5) is 5.69 Å². The minimum absolute atomic E-state index is 0.0701. The van der Waals surface area contributed by atoms with E-state index in [-0.39, 0.29) is 23.1 Å². The highest BCUT2D eigenvalue weighted by atomic mass is 35.5. The van der Waals surface area contributed by atoms with Crippen molar-refractivity contribution in [1.82, 2.24) is 0 Å². The van der Waals surface area contributed by atoms with E-state index in [1.54, 1.807) is 6.07 Å². The quantitative estimate of drug-likeness (QED) is 0.886. The second kappa shape index (κ2) is 6.95. The second-order valence-electron chi connectivity index (χ2n) is 4.60. The normalized spacial score (nSPS) is 10.1. The number of nitrogens with one attached hydrogen (secondary N) is 1. The molecular weight excluding hydrogens is 306 g/mol. The zero-order valence-electron chi connectivity index (χ0n) is 11.8. The van der Waals surface area contributed by atoms with Gasteiger partial charge in [-0.2, -0.15) is 0 Å². The minimum atomic E-state index is -1.16. The Morgan fingerprint density at radius 1 is 1.23 bits per heavy atom. The van der Waals surface area contributed by atoms with Gasteiger partial charge in [0.05, 0.1) is 10.6 Å². The van der Waals surface area contributed by atoms with Gasteiger partial charge in [-0.1, -0.05) is 29.8 Å². The summed E-state index contributed by atoms with van der Waals surface area (Å²) in [5.74, 6) is -0.917. The van der Waals surface area contributed by atoms with E-state index in [0.29, 0.717) is 11.4 Å². The topological polar surface area (TPSA) is 75.6 Å². The van der Waals surface area contributed by atoms with E-state index < -0.39 is 5.97 Å². The van der Waals surface area contributed by atoms with Crippen molar-refractivity contribution >= 4 is 29.2 Å². The Bertz CT molecular complexity index is 715. The standard InChI is InChI=1S/C16H14ClNO4/c1-10-4-2-3-5-14(10)22-9-15(19)18-11-6-7-13(17)12(8-11)16(20)21/h2-8H,9H2,1H3,(H,18,19)(H,20,21). The number of carboxylic acid groups (broad SMARTS) is 1. The molecule has 0 saturated carbocycles. The number of aromatic carboxylic acids is 1. The number of ether oxygens (including phenoxy) is 1. The summed E-state index contributed by atoms with van der Waals surface area (Å²) in [7, 11) is 0. The maximum Gasteiger partial charge on any atom is 0.337 e. The van der Waals surface area contributed by atoms with E-state index in [9.17, 15) is 9.59 Å². The Kier molecular flexibility index (Phi) is 5.01. The van der Waals surface area contributed by atoms with Crippen LogP contribution in [0.15, 0.2) is 42.5 Å². The molecule has 0 saturated heterocycles. The van der Waals surface area contributed by atoms with Crippen molar-refractivity contribution in [2.45, 2.75) is 6.92 Å². The van der Waals surface area contributed by atoms with Crippen molar-refractivity contribution in [3.63, 3.8) is 0 Å². The number of carbonyl (C=O) groups is 2. The predicted molar refractivity (Wildman–Crippen MR) is 83.7 cm³/mol. The van der Waals surface area contributed by atoms with Gasteiger partial charge in [0.2, 0.25) is 0 Å². The molecule has 0 bridgehead atoms. The third-order valence-electron chi connectivity index (χ3n) is 2.93. The lowest BCUT2D eigenvalue weighted by atomic mass is 10.2. The molecule has 22 heavy (non-hydrogen) atoms. The van der Waals surface area contributed by atoms with Crippen molar-refractivity contribution in [3.8, 4) is 5.75 Å². The van der Waals surface area contributed by atoms with E-state index in [4.69, 9.17) is 21.4 Å². The van der Waals surface area contributed by atoms with Gasteiger partial charge in [-0.25, -0.2) is 4.79 Å². The lowest BCUT2D eigenvalue weighted by Gasteiger charge is -2.10. The summed E-state index contributed by atoms with van der Waals surface area (Å²) in [6, 6.07) is 11.6. The summed E-state index contributed by atoms with van der Waals surface area (Å²) in [5.41, 5.74) is 1.20. The van der Waals surface area contributed by atoms with Gasteiger partial charge in [-0.3, -0.25) is 4.79 Å². The zero-order chi connectivity index (χ0) is 16.1. The number of aryl methyl sites for hydroxylation is 1. The largest absolute Gasteiger partial charge is 0.483 e. The Balaban J connectivity index is 1.99. The predicted octanol–water partition coefficient (Wildman–Crippen LogP) is 3.36. The van der Waals surface area contributed by atoms with Crippen LogP contribution < -0.4 is 10.1 Å². The molecule has 1 amide bonds. The van der Waals surface area contributed by atoms with Crippen molar-refractivity contribution in [2.24, 2.45) is 0 Å². The molecule has 2 rings (SSSR count). The number of rotatable bonds is 5. The van der Waals surface area contributed by atoms with Crippen LogP contribution in [0.25, 0.3) is 0 Å². The molecule has 6 heteroatoms. The first-order valence-corrected chi connectivity index (χ1v) is 6.86. The summed E-state index contributed by atoms with van der Waals surface area (Å²) < 4.78 is 5.42. The molecule has 0 unspecified atom stereocenters. The van der Waals surface area contributed by atoms with Crippen molar-refractivity contribution in [3.05, 3.63) is 58.6 Å². The number of para-hydroxylation sites is 1. The van der Waals surface area contributed by atoms with E-state index in [2.05, 4.69) is 5.32 Å². The van der Waals surface area contributed by atoms with Crippen LogP contribution in [0.2, 0.25) is 5.02 Å². The number of anilines is 1. The van der Waals surface area contributed by atoms with E-state index >= 15 is 0 Å². The van der Waals surface area contributed by atoms with Gasteiger partial charge in [0.25, 0.3) is 5.91 Å². The van der Waals surface area contributed by atoms with E-state index in [1.807, 2.05) is 25.1 Å². The lowest BCUT2D eigenvalue weighted by molar-refractivity contribution is -0.118. The Hall–Kier alpha value is -2.53. The summed E-state index contributed by atoms with van der Waals surface area (Å²) >= 11 is 5.77. The van der Waals surface area contributed by atoms with Crippen LogP contribution in [0.1, 0.15) is 15.9 Å². The summed E-state index contributed by atoms with van der Waals surface area (Å²) in [4.78, 5) is 22.8. The van der Waals surface area contributed by atoms with Gasteiger partial charge in [0.1, 0.15) is 5.75 Å². The number of benzene rings is 2. The molecule has 0 aromatic heterocycles. The Morgan fingerprint density at radius 3 is 2.64 bits per heavy atom. The molecule has 0 spiro atoms. The van der Waals surface area contributed by atoms with Crippen LogP contribution >= 0.6 is 11.6 Å². The number of halogens is 1. The number of hydrogen-bond acceptors (Lipinski definition) is 3. The number of amides is 1. The van der Waals surface area contributed by atoms with Crippen molar-refractivity contribution < 1.29 is 19.4 Å². The number of hydrogen-bond donors (Lipinski definition) is 2. The fourth-order valence-corrected chi connectivity index (χ4v) is 2.02. The molecule has 0 aliphatic rings. The van der Waals surface area contributed by atoms with Gasteiger partial charge < -0.3 is 15.2 Å². The minimum Gasteiger partial charge on any atom is -0.483 e. The first-order valence-electron chi connectivity index (χ1n) is 6.48. The average Bonchev–Trinajstić information content (AvgIpc) is 2.48. The van der Waals surface area contributed by atoms with E-state index in [1.165, 1.54) is 18.2 Å². The Labute approximate surface area is 132 Å². The maximum atomic E-state index is 11.8. The smallest absolute Gasteiger partial charge is 0.337 e. The van der Waals surface area contributed by atoms with Crippen LogP contribution in [0.3, 0.4) is 0 Å². The van der Waals surface area contributed by atoms with Gasteiger partial charge in [0, 0.05) is 5.69 Å². The highest BCUT2D eigenvalue weighted by molar-refractivity contribution is 6.33. The highest BCUT2D eigenvalue weighted by Crippen LogP contribution is 2.21. The van der Waals surface area contributed by atoms with Gasteiger partial charge in [0.15, 0.2) is 6.61 Å². The highest BCUT2D eigenvalue weighted by Gasteiger charge is 2.11. The van der Waals surface area contributed by atoms with E-state index in [0.717, 1.165) is 5.56 Å². The number of carbonyl (C=O) groups excluding carboxylic acids is 1. The van der Waals surface area contributed by atoms with Gasteiger partial charge in [-0.15, -0.1) is 0 Å². The molecule has 2 aromatic rings. The van der Waals surface area contributed by atoms with Crippen LogP contribution in [0.5, 0.6) is 5.75 Å². The Morgan fingerprint density at radius 2 is 1.95 bits per heavy atom. The molecular formula is C16H14ClNO4. The molecule has 114 valence electrons. The molecule has 0 aliphatic heterocycles. The molecule has 5 nitrogen and oxygen atoms in total. The van der Waals surface area contributed by atoms with Crippen molar-refractivity contribution in [2.75, 3.05) is 11.9 Å². The molecule has 0 radical (unpaired) electrons. The molecule has 2 aromatic carbocycles. The second-order valence-corrected chi connectivity index (χ2v) is 5.01. The summed E-state index contributed by atoms with van der Waals surface area (Å²) in [5, 5.41) is 11.7. The third-order valence-corrected chi connectivity index (χ3v) is 3.26. The summed E-state index contributed by atoms with van der Waals surface area (Å²) in [6.07, 6.45) is 0. The first kappa shape index (κ1) is 15.9. The fraction of sp³-hybridized carbons (Fsp3) is 0.125. The van der Waals surface area contributed by atoms with Crippen LogP contribution in [0, 0.1) is 6.92 Å². The van der Waals surface area contributed by atoms with Gasteiger partial charge in [-0.05, 0) is 36.8 Å². The third kappa shape index (κ3) is 3.99. The van der Waals surface area contributed by atoms with Crippen molar-refractivity contribution in [1.29, 1.82) is 0 Å². The molecule has 0 atom stereocenters. The molecule has 0 heterocycles. The fourth-order valence-electron chi connectivity index (χ4n) is 1.83. The SMILES string of the molecule is Cc1ccccc1OCC(=O)Nc1ccc(Cl)c(C(=O)O)c1. The van der Waals surface area contributed by atoms with Crippen LogP contribution in [-0.4, -0.2) is 23.6 Å². The van der Waals surface area contributed by atoms with Gasteiger partial charge >= 0.3 is 5.97 Å². The monoisotopic (exact) mass is 319 g/mol. The molecule has 0 fully saturated rings. The number of carboxylic acids is 1.